The van der Waals surface area contributed by atoms with Gasteiger partial charge in [-0.3, -0.25) is 9.69 Å². The van der Waals surface area contributed by atoms with Gasteiger partial charge in [-0.05, 0) is 55.0 Å². The summed E-state index contributed by atoms with van der Waals surface area (Å²) >= 11 is 1.59. The van der Waals surface area contributed by atoms with Gasteiger partial charge in [0.25, 0.3) is 0 Å². The number of hydrogen-bond acceptors (Lipinski definition) is 5. The van der Waals surface area contributed by atoms with Crippen LogP contribution < -0.4 is 9.64 Å². The number of amides is 1. The number of hydrogen-bond donors (Lipinski definition) is 0. The Kier molecular flexibility index (Phi) is 6.88. The zero-order chi connectivity index (χ0) is 21.8. The van der Waals surface area contributed by atoms with Crippen LogP contribution in [0.3, 0.4) is 0 Å². The second-order valence-corrected chi connectivity index (χ2v) is 9.25. The highest BCUT2D eigenvalue weighted by Crippen LogP contribution is 2.34. The summed E-state index contributed by atoms with van der Waals surface area (Å²) < 4.78 is 12.5. The Morgan fingerprint density at radius 2 is 2.06 bits per heavy atom. The summed E-state index contributed by atoms with van der Waals surface area (Å²) in [6.07, 6.45) is 2.42. The Hall–Kier alpha value is -2.44. The Morgan fingerprint density at radius 3 is 2.74 bits per heavy atom. The van der Waals surface area contributed by atoms with Crippen LogP contribution in [0, 0.1) is 0 Å². The van der Waals surface area contributed by atoms with Crippen LogP contribution in [0.5, 0.6) is 5.75 Å². The number of nitrogens with zero attached hydrogens (tertiary/aromatic N) is 2. The van der Waals surface area contributed by atoms with Crippen LogP contribution in [0.2, 0.25) is 0 Å². The highest BCUT2D eigenvalue weighted by atomic mass is 32.1. The second kappa shape index (κ2) is 9.79. The van der Waals surface area contributed by atoms with E-state index >= 15 is 0 Å². The molecule has 4 rings (SSSR count). The molecule has 0 spiro atoms. The third-order valence-corrected chi connectivity index (χ3v) is 6.64. The number of carbonyl (C=O) groups excluding carboxylic acids is 1. The number of carbonyl (C=O) groups is 1. The number of rotatable bonds is 8. The van der Waals surface area contributed by atoms with Crippen molar-refractivity contribution in [3.05, 3.63) is 53.6 Å². The van der Waals surface area contributed by atoms with Crippen molar-refractivity contribution in [1.82, 2.24) is 4.98 Å². The first-order valence-corrected chi connectivity index (χ1v) is 11.9. The molecule has 31 heavy (non-hydrogen) atoms. The van der Waals surface area contributed by atoms with Crippen LogP contribution >= 0.6 is 11.3 Å². The Morgan fingerprint density at radius 1 is 1.26 bits per heavy atom. The number of para-hydroxylation sites is 1. The SMILES string of the molecule is CCOc1ccc(CC(=O)N(CC2CCCO2)c2nc3c(C(C)C)cccc3s2)cc1. The molecule has 1 aliphatic heterocycles. The summed E-state index contributed by atoms with van der Waals surface area (Å²) in [4.78, 5) is 20.2. The van der Waals surface area contributed by atoms with Crippen molar-refractivity contribution < 1.29 is 14.3 Å². The minimum Gasteiger partial charge on any atom is -0.494 e. The third kappa shape index (κ3) is 5.08. The number of aromatic nitrogens is 1. The zero-order valence-corrected chi connectivity index (χ0v) is 19.3. The summed E-state index contributed by atoms with van der Waals surface area (Å²) in [6, 6.07) is 14.1. The van der Waals surface area contributed by atoms with Crippen LogP contribution in [0.25, 0.3) is 10.2 Å². The third-order valence-electron chi connectivity index (χ3n) is 5.59. The van der Waals surface area contributed by atoms with E-state index in [1.54, 1.807) is 11.3 Å². The molecule has 5 nitrogen and oxygen atoms in total. The van der Waals surface area contributed by atoms with Crippen LogP contribution in [0.1, 0.15) is 50.7 Å². The van der Waals surface area contributed by atoms with Gasteiger partial charge in [-0.2, -0.15) is 0 Å². The van der Waals surface area contributed by atoms with Gasteiger partial charge in [-0.25, -0.2) is 4.98 Å². The summed E-state index contributed by atoms with van der Waals surface area (Å²) in [5.74, 6) is 1.25. The Balaban J connectivity index is 1.61. The molecule has 1 unspecified atom stereocenters. The maximum Gasteiger partial charge on any atom is 0.233 e. The molecule has 6 heteroatoms. The van der Waals surface area contributed by atoms with E-state index in [0.29, 0.717) is 25.5 Å². The molecule has 1 atom stereocenters. The van der Waals surface area contributed by atoms with Crippen molar-refractivity contribution >= 4 is 32.6 Å². The molecule has 2 heterocycles. The summed E-state index contributed by atoms with van der Waals surface area (Å²) in [5.41, 5.74) is 3.19. The Labute approximate surface area is 188 Å². The molecule has 3 aromatic rings. The van der Waals surface area contributed by atoms with Gasteiger partial charge in [0.1, 0.15) is 5.75 Å². The van der Waals surface area contributed by atoms with E-state index in [9.17, 15) is 4.79 Å². The first-order valence-electron chi connectivity index (χ1n) is 11.1. The van der Waals surface area contributed by atoms with Gasteiger partial charge in [0.15, 0.2) is 5.13 Å². The van der Waals surface area contributed by atoms with E-state index in [1.165, 1.54) is 5.56 Å². The normalized spacial score (nSPS) is 16.2. The molecule has 164 valence electrons. The van der Waals surface area contributed by atoms with Gasteiger partial charge >= 0.3 is 0 Å². The lowest BCUT2D eigenvalue weighted by Gasteiger charge is -2.23. The monoisotopic (exact) mass is 438 g/mol. The molecule has 0 aliphatic carbocycles. The van der Waals surface area contributed by atoms with E-state index in [2.05, 4.69) is 32.0 Å². The quantitative estimate of drug-likeness (QED) is 0.461. The number of fused-ring (bicyclic) bond motifs is 1. The highest BCUT2D eigenvalue weighted by Gasteiger charge is 2.26. The lowest BCUT2D eigenvalue weighted by molar-refractivity contribution is -0.118. The van der Waals surface area contributed by atoms with Crippen LogP contribution in [0.15, 0.2) is 42.5 Å². The number of benzene rings is 2. The van der Waals surface area contributed by atoms with Crippen molar-refractivity contribution in [3.63, 3.8) is 0 Å². The molecule has 1 saturated heterocycles. The van der Waals surface area contributed by atoms with Crippen LogP contribution in [0.4, 0.5) is 5.13 Å². The topological polar surface area (TPSA) is 51.7 Å². The fraction of sp³-hybridized carbons (Fsp3) is 0.440. The molecular formula is C25H30N2O3S. The van der Waals surface area contributed by atoms with Gasteiger partial charge < -0.3 is 9.47 Å². The van der Waals surface area contributed by atoms with Gasteiger partial charge in [0.05, 0.1) is 35.9 Å². The van der Waals surface area contributed by atoms with E-state index < -0.39 is 0 Å². The van der Waals surface area contributed by atoms with Crippen LogP contribution in [-0.4, -0.2) is 36.8 Å². The Bertz CT molecular complexity index is 1020. The number of ether oxygens (including phenoxy) is 2. The molecule has 1 fully saturated rings. The van der Waals surface area contributed by atoms with Gasteiger partial charge in [-0.1, -0.05) is 49.4 Å². The number of anilines is 1. The standard InChI is InChI=1S/C25H30N2O3S/c1-4-29-19-12-10-18(11-13-19)15-23(28)27(16-20-7-6-14-30-20)25-26-24-21(17(2)3)8-5-9-22(24)31-25/h5,8-13,17,20H,4,6-7,14-16H2,1-3H3. The van der Waals surface area contributed by atoms with E-state index in [0.717, 1.165) is 46.1 Å². The summed E-state index contributed by atoms with van der Waals surface area (Å²) in [5, 5.41) is 0.759. The van der Waals surface area contributed by atoms with Gasteiger partial charge in [0.2, 0.25) is 5.91 Å². The van der Waals surface area contributed by atoms with E-state index in [4.69, 9.17) is 14.5 Å². The average Bonchev–Trinajstić information content (AvgIpc) is 3.42. The lowest BCUT2D eigenvalue weighted by Crippen LogP contribution is -2.38. The maximum atomic E-state index is 13.4. The lowest BCUT2D eigenvalue weighted by atomic mass is 10.0. The summed E-state index contributed by atoms with van der Waals surface area (Å²) in [6.45, 7) is 8.26. The van der Waals surface area contributed by atoms with Gasteiger partial charge in [0, 0.05) is 6.61 Å². The van der Waals surface area contributed by atoms with Crippen molar-refractivity contribution in [3.8, 4) is 5.75 Å². The van der Waals surface area contributed by atoms with E-state index in [-0.39, 0.29) is 12.0 Å². The van der Waals surface area contributed by atoms with Crippen molar-refractivity contribution in [1.29, 1.82) is 0 Å². The molecular weight excluding hydrogens is 408 g/mol. The summed E-state index contributed by atoms with van der Waals surface area (Å²) in [7, 11) is 0. The first kappa shape index (κ1) is 21.8. The first-order chi connectivity index (χ1) is 15.0. The molecule has 1 aromatic heterocycles. The maximum absolute atomic E-state index is 13.4. The molecule has 0 saturated carbocycles. The largest absolute Gasteiger partial charge is 0.494 e. The molecule has 1 aliphatic rings. The predicted octanol–water partition coefficient (Wildman–Crippen LogP) is 5.57. The van der Waals surface area contributed by atoms with Crippen molar-refractivity contribution in [2.45, 2.75) is 52.1 Å². The van der Waals surface area contributed by atoms with Crippen molar-refractivity contribution in [2.24, 2.45) is 0 Å². The fourth-order valence-electron chi connectivity index (χ4n) is 3.96. The van der Waals surface area contributed by atoms with Crippen molar-refractivity contribution in [2.75, 3.05) is 24.7 Å². The smallest absolute Gasteiger partial charge is 0.233 e. The molecule has 1 amide bonds. The average molecular weight is 439 g/mol. The molecule has 0 bridgehead atoms. The van der Waals surface area contributed by atoms with Gasteiger partial charge in [-0.15, -0.1) is 0 Å². The molecule has 2 aromatic carbocycles. The van der Waals surface area contributed by atoms with E-state index in [1.807, 2.05) is 36.1 Å². The minimum absolute atomic E-state index is 0.0461. The highest BCUT2D eigenvalue weighted by molar-refractivity contribution is 7.22. The number of thiazole rings is 1. The fourth-order valence-corrected chi connectivity index (χ4v) is 4.99. The zero-order valence-electron chi connectivity index (χ0n) is 18.5. The molecule has 0 N–H and O–H groups in total. The second-order valence-electron chi connectivity index (χ2n) is 8.24. The minimum atomic E-state index is 0.0461. The molecule has 0 radical (unpaired) electrons. The predicted molar refractivity (Wildman–Crippen MR) is 126 cm³/mol. The van der Waals surface area contributed by atoms with Crippen LogP contribution in [-0.2, 0) is 16.0 Å².